The predicted octanol–water partition coefficient (Wildman–Crippen LogP) is 3.01. The number of aromatic nitrogens is 1. The Morgan fingerprint density at radius 3 is 2.68 bits per heavy atom. The maximum Gasteiger partial charge on any atom is 0.224 e. The van der Waals surface area contributed by atoms with Crippen LogP contribution in [0, 0.1) is 0 Å². The highest BCUT2D eigenvalue weighted by Gasteiger charge is 2.05. The van der Waals surface area contributed by atoms with Crippen molar-refractivity contribution in [2.45, 2.75) is 12.8 Å². The first-order chi connectivity index (χ1) is 9.15. The molecule has 1 aromatic heterocycles. The zero-order valence-electron chi connectivity index (χ0n) is 10.1. The van der Waals surface area contributed by atoms with Gasteiger partial charge in [0, 0.05) is 30.6 Å². The molecule has 0 spiro atoms. The van der Waals surface area contributed by atoms with Gasteiger partial charge >= 0.3 is 0 Å². The van der Waals surface area contributed by atoms with Gasteiger partial charge in [-0.1, -0.05) is 11.6 Å². The van der Waals surface area contributed by atoms with Crippen molar-refractivity contribution in [3.63, 3.8) is 0 Å². The minimum absolute atomic E-state index is 0.0476. The number of carbonyl (C=O) groups excluding carboxylic acids is 1. The molecule has 0 saturated carbocycles. The molecule has 2 aromatic rings. The van der Waals surface area contributed by atoms with E-state index in [1.54, 1.807) is 18.5 Å². The third-order valence-electron chi connectivity index (χ3n) is 2.62. The lowest BCUT2D eigenvalue weighted by Crippen LogP contribution is -2.12. The molecule has 0 aliphatic heterocycles. The van der Waals surface area contributed by atoms with Crippen molar-refractivity contribution in [3.8, 4) is 5.75 Å². The quantitative estimate of drug-likeness (QED) is 0.902. The van der Waals surface area contributed by atoms with E-state index in [9.17, 15) is 9.90 Å². The molecule has 2 N–H and O–H groups in total. The van der Waals surface area contributed by atoms with Crippen molar-refractivity contribution in [1.82, 2.24) is 4.98 Å². The van der Waals surface area contributed by atoms with E-state index in [2.05, 4.69) is 10.3 Å². The summed E-state index contributed by atoms with van der Waals surface area (Å²) in [6, 6.07) is 8.36. The van der Waals surface area contributed by atoms with Gasteiger partial charge in [0.05, 0.1) is 5.02 Å². The molecule has 98 valence electrons. The molecule has 0 bridgehead atoms. The predicted molar refractivity (Wildman–Crippen MR) is 74.3 cm³/mol. The molecule has 2 rings (SSSR count). The van der Waals surface area contributed by atoms with Crippen molar-refractivity contribution in [2.75, 3.05) is 5.32 Å². The smallest absolute Gasteiger partial charge is 0.224 e. The Morgan fingerprint density at radius 1 is 1.26 bits per heavy atom. The summed E-state index contributed by atoms with van der Waals surface area (Å²) in [6.45, 7) is 0. The summed E-state index contributed by atoms with van der Waals surface area (Å²) in [5.41, 5.74) is 1.59. The van der Waals surface area contributed by atoms with E-state index in [0.29, 0.717) is 18.5 Å². The second kappa shape index (κ2) is 6.20. The summed E-state index contributed by atoms with van der Waals surface area (Å²) >= 11 is 5.69. The number of amides is 1. The molecular formula is C14H13ClN2O2. The molecule has 0 aliphatic carbocycles. The summed E-state index contributed by atoms with van der Waals surface area (Å²) in [5.74, 6) is -0.160. The monoisotopic (exact) mass is 276 g/mol. The van der Waals surface area contributed by atoms with Crippen LogP contribution in [0.5, 0.6) is 5.75 Å². The van der Waals surface area contributed by atoms with Gasteiger partial charge < -0.3 is 10.4 Å². The van der Waals surface area contributed by atoms with E-state index in [1.165, 1.54) is 12.1 Å². The van der Waals surface area contributed by atoms with E-state index in [4.69, 9.17) is 11.6 Å². The first-order valence-electron chi connectivity index (χ1n) is 5.82. The van der Waals surface area contributed by atoms with E-state index in [-0.39, 0.29) is 16.7 Å². The van der Waals surface area contributed by atoms with Crippen LogP contribution in [0.4, 0.5) is 5.69 Å². The number of hydrogen-bond acceptors (Lipinski definition) is 3. The molecule has 1 aromatic carbocycles. The lowest BCUT2D eigenvalue weighted by atomic mass is 10.1. The van der Waals surface area contributed by atoms with Gasteiger partial charge in [-0.3, -0.25) is 9.78 Å². The number of phenolic OH excluding ortho intramolecular Hbond substituents is 1. The molecule has 0 radical (unpaired) electrons. The average Bonchev–Trinajstić information content (AvgIpc) is 2.42. The largest absolute Gasteiger partial charge is 0.506 e. The summed E-state index contributed by atoms with van der Waals surface area (Å²) in [4.78, 5) is 15.7. The average molecular weight is 277 g/mol. The van der Waals surface area contributed by atoms with E-state index in [1.807, 2.05) is 12.1 Å². The topological polar surface area (TPSA) is 62.2 Å². The van der Waals surface area contributed by atoms with Gasteiger partial charge in [-0.25, -0.2) is 0 Å². The third-order valence-corrected chi connectivity index (χ3v) is 2.94. The van der Waals surface area contributed by atoms with Crippen LogP contribution in [-0.2, 0) is 11.2 Å². The van der Waals surface area contributed by atoms with Gasteiger partial charge in [-0.15, -0.1) is 0 Å². The fraction of sp³-hybridized carbons (Fsp3) is 0.143. The number of aromatic hydroxyl groups is 1. The summed E-state index contributed by atoms with van der Waals surface area (Å²) in [7, 11) is 0. The number of halogens is 1. The minimum atomic E-state index is -0.112. The van der Waals surface area contributed by atoms with Gasteiger partial charge in [0.1, 0.15) is 5.75 Å². The van der Waals surface area contributed by atoms with Gasteiger partial charge in [-0.05, 0) is 36.2 Å². The van der Waals surface area contributed by atoms with Crippen molar-refractivity contribution < 1.29 is 9.90 Å². The van der Waals surface area contributed by atoms with Crippen molar-refractivity contribution in [2.24, 2.45) is 0 Å². The maximum absolute atomic E-state index is 11.7. The molecule has 5 heteroatoms. The Morgan fingerprint density at radius 2 is 2.00 bits per heavy atom. The number of hydrogen-bond donors (Lipinski definition) is 2. The van der Waals surface area contributed by atoms with Crippen LogP contribution in [0.2, 0.25) is 5.02 Å². The number of phenols is 1. The number of benzene rings is 1. The minimum Gasteiger partial charge on any atom is -0.506 e. The van der Waals surface area contributed by atoms with Gasteiger partial charge in [0.25, 0.3) is 0 Å². The van der Waals surface area contributed by atoms with E-state index >= 15 is 0 Å². The summed E-state index contributed by atoms with van der Waals surface area (Å²) < 4.78 is 0. The highest BCUT2D eigenvalue weighted by molar-refractivity contribution is 6.32. The highest BCUT2D eigenvalue weighted by atomic mass is 35.5. The van der Waals surface area contributed by atoms with Crippen molar-refractivity contribution in [3.05, 3.63) is 53.3 Å². The first-order valence-corrected chi connectivity index (χ1v) is 6.20. The molecule has 0 saturated heterocycles. The normalized spacial score (nSPS) is 10.2. The van der Waals surface area contributed by atoms with Crippen molar-refractivity contribution >= 4 is 23.2 Å². The Balaban J connectivity index is 1.89. The van der Waals surface area contributed by atoms with Gasteiger partial charge in [0.15, 0.2) is 0 Å². The lowest BCUT2D eigenvalue weighted by Gasteiger charge is -2.06. The molecule has 0 fully saturated rings. The molecular weight excluding hydrogens is 264 g/mol. The van der Waals surface area contributed by atoms with Crippen LogP contribution in [-0.4, -0.2) is 16.0 Å². The Bertz CT molecular complexity index is 573. The molecule has 0 unspecified atom stereocenters. The van der Waals surface area contributed by atoms with Crippen LogP contribution < -0.4 is 5.32 Å². The Kier molecular flexibility index (Phi) is 4.36. The Labute approximate surface area is 116 Å². The van der Waals surface area contributed by atoms with Crippen LogP contribution in [0.25, 0.3) is 0 Å². The summed E-state index contributed by atoms with van der Waals surface area (Å²) in [6.07, 6.45) is 4.41. The molecule has 1 heterocycles. The Hall–Kier alpha value is -2.07. The second-order valence-corrected chi connectivity index (χ2v) is 4.48. The number of rotatable bonds is 4. The summed E-state index contributed by atoms with van der Waals surface area (Å²) in [5, 5.41) is 12.4. The SMILES string of the molecule is O=C(CCc1ccncc1)Nc1ccc(Cl)c(O)c1. The number of aryl methyl sites for hydroxylation is 1. The first kappa shape index (κ1) is 13.4. The van der Waals surface area contributed by atoms with E-state index < -0.39 is 0 Å². The number of pyridine rings is 1. The maximum atomic E-state index is 11.7. The van der Waals surface area contributed by atoms with E-state index in [0.717, 1.165) is 5.56 Å². The number of anilines is 1. The van der Waals surface area contributed by atoms with Gasteiger partial charge in [0.2, 0.25) is 5.91 Å². The van der Waals surface area contributed by atoms with Crippen molar-refractivity contribution in [1.29, 1.82) is 0 Å². The second-order valence-electron chi connectivity index (χ2n) is 4.07. The highest BCUT2D eigenvalue weighted by Crippen LogP contribution is 2.26. The number of nitrogens with zero attached hydrogens (tertiary/aromatic N) is 1. The zero-order valence-corrected chi connectivity index (χ0v) is 10.9. The molecule has 0 aliphatic rings. The zero-order chi connectivity index (χ0) is 13.7. The molecule has 0 atom stereocenters. The van der Waals surface area contributed by atoms with Crippen LogP contribution in [0.3, 0.4) is 0 Å². The van der Waals surface area contributed by atoms with Gasteiger partial charge in [-0.2, -0.15) is 0 Å². The fourth-order valence-corrected chi connectivity index (χ4v) is 1.74. The molecule has 4 nitrogen and oxygen atoms in total. The fourth-order valence-electron chi connectivity index (χ4n) is 1.62. The standard InChI is InChI=1S/C14H13ClN2O2/c15-12-3-2-11(9-13(12)18)17-14(19)4-1-10-5-7-16-8-6-10/h2-3,5-9,18H,1,4H2,(H,17,19). The molecule has 19 heavy (non-hydrogen) atoms. The number of carbonyl (C=O) groups is 1. The lowest BCUT2D eigenvalue weighted by molar-refractivity contribution is -0.116. The number of nitrogens with one attached hydrogen (secondary N) is 1. The van der Waals surface area contributed by atoms with Crippen LogP contribution in [0.1, 0.15) is 12.0 Å². The third kappa shape index (κ3) is 3.96. The van der Waals surface area contributed by atoms with Crippen LogP contribution in [0.15, 0.2) is 42.7 Å². The molecule has 1 amide bonds. The van der Waals surface area contributed by atoms with Crippen LogP contribution >= 0.6 is 11.6 Å².